The average molecular weight is 374 g/mol. The summed E-state index contributed by atoms with van der Waals surface area (Å²) in [6.07, 6.45) is 2.40. The monoisotopic (exact) mass is 374 g/mol. The molecule has 2 N–H and O–H groups in total. The van der Waals surface area contributed by atoms with Crippen molar-refractivity contribution in [1.82, 2.24) is 10.2 Å². The van der Waals surface area contributed by atoms with Crippen molar-refractivity contribution in [2.75, 3.05) is 13.1 Å². The van der Waals surface area contributed by atoms with Gasteiger partial charge in [-0.2, -0.15) is 0 Å². The summed E-state index contributed by atoms with van der Waals surface area (Å²) in [6.45, 7) is 6.63. The highest BCUT2D eigenvalue weighted by Crippen LogP contribution is 2.27. The predicted molar refractivity (Wildman–Crippen MR) is 103 cm³/mol. The van der Waals surface area contributed by atoms with E-state index in [4.69, 9.17) is 0 Å². The number of likely N-dealkylation sites (tertiary alicyclic amines) is 1. The SMILES string of the molecule is CCC(C)C(=O)N1CCCC(C(=O)NC(CC)(C(=O)O)c2ccccc2)C1. The number of hydrogen-bond donors (Lipinski definition) is 2. The van der Waals surface area contributed by atoms with Crippen LogP contribution in [0.4, 0.5) is 0 Å². The normalized spacial score (nSPS) is 20.4. The molecule has 1 fully saturated rings. The largest absolute Gasteiger partial charge is 0.479 e. The molecule has 0 saturated carbocycles. The fourth-order valence-corrected chi connectivity index (χ4v) is 3.61. The van der Waals surface area contributed by atoms with Crippen LogP contribution >= 0.6 is 0 Å². The number of carboxylic acid groups (broad SMARTS) is 1. The smallest absolute Gasteiger partial charge is 0.334 e. The van der Waals surface area contributed by atoms with Crippen LogP contribution in [0.25, 0.3) is 0 Å². The molecule has 3 atom stereocenters. The first-order valence-electron chi connectivity index (χ1n) is 9.75. The lowest BCUT2D eigenvalue weighted by molar-refractivity contribution is -0.150. The minimum atomic E-state index is -1.46. The van der Waals surface area contributed by atoms with Crippen molar-refractivity contribution >= 4 is 17.8 Å². The number of carbonyl (C=O) groups is 3. The second-order valence-corrected chi connectivity index (χ2v) is 7.35. The van der Waals surface area contributed by atoms with E-state index >= 15 is 0 Å². The Hall–Kier alpha value is -2.37. The Morgan fingerprint density at radius 2 is 1.93 bits per heavy atom. The van der Waals surface area contributed by atoms with Crippen LogP contribution in [0.1, 0.15) is 52.0 Å². The van der Waals surface area contributed by atoms with E-state index in [0.29, 0.717) is 25.1 Å². The fraction of sp³-hybridized carbons (Fsp3) is 0.571. The molecule has 1 aliphatic heterocycles. The first-order valence-corrected chi connectivity index (χ1v) is 9.75. The van der Waals surface area contributed by atoms with Crippen molar-refractivity contribution in [2.45, 2.75) is 52.0 Å². The van der Waals surface area contributed by atoms with Crippen molar-refractivity contribution in [3.63, 3.8) is 0 Å². The first-order chi connectivity index (χ1) is 12.9. The Bertz CT molecular complexity index is 676. The summed E-state index contributed by atoms with van der Waals surface area (Å²) < 4.78 is 0. The molecule has 0 spiro atoms. The van der Waals surface area contributed by atoms with Gasteiger partial charge >= 0.3 is 5.97 Å². The highest BCUT2D eigenvalue weighted by molar-refractivity contribution is 5.89. The van der Waals surface area contributed by atoms with E-state index in [-0.39, 0.29) is 30.1 Å². The molecule has 1 aromatic carbocycles. The van der Waals surface area contributed by atoms with Crippen LogP contribution in [0, 0.1) is 11.8 Å². The highest BCUT2D eigenvalue weighted by atomic mass is 16.4. The molecule has 3 unspecified atom stereocenters. The summed E-state index contributed by atoms with van der Waals surface area (Å²) in [6, 6.07) is 8.78. The maximum Gasteiger partial charge on any atom is 0.334 e. The van der Waals surface area contributed by atoms with Crippen LogP contribution in [0.3, 0.4) is 0 Å². The van der Waals surface area contributed by atoms with Gasteiger partial charge in [-0.25, -0.2) is 4.79 Å². The van der Waals surface area contributed by atoms with Gasteiger partial charge in [0.15, 0.2) is 5.54 Å². The Labute approximate surface area is 160 Å². The third kappa shape index (κ3) is 4.49. The van der Waals surface area contributed by atoms with Crippen molar-refractivity contribution < 1.29 is 19.5 Å². The van der Waals surface area contributed by atoms with E-state index in [1.54, 1.807) is 36.1 Å². The standard InChI is InChI=1S/C21H30N2O4/c1-4-15(3)19(25)23-13-9-10-16(14-23)18(24)22-21(5-2,20(26)27)17-11-7-6-8-12-17/h6-8,11-12,15-16H,4-5,9-10,13-14H2,1-3H3,(H,22,24)(H,26,27). The van der Waals surface area contributed by atoms with Gasteiger partial charge in [0.1, 0.15) is 0 Å². The van der Waals surface area contributed by atoms with E-state index in [1.165, 1.54) is 0 Å². The average Bonchev–Trinajstić information content (AvgIpc) is 2.71. The molecule has 2 rings (SSSR count). The molecular formula is C21H30N2O4. The number of nitrogens with zero attached hydrogens (tertiary/aromatic N) is 1. The number of piperidine rings is 1. The van der Waals surface area contributed by atoms with Gasteiger partial charge in [0.25, 0.3) is 0 Å². The molecule has 1 aliphatic rings. The molecule has 27 heavy (non-hydrogen) atoms. The second-order valence-electron chi connectivity index (χ2n) is 7.35. The van der Waals surface area contributed by atoms with Crippen LogP contribution in [-0.4, -0.2) is 40.9 Å². The van der Waals surface area contributed by atoms with E-state index in [0.717, 1.165) is 12.8 Å². The van der Waals surface area contributed by atoms with E-state index < -0.39 is 11.5 Å². The number of hydrogen-bond acceptors (Lipinski definition) is 3. The lowest BCUT2D eigenvalue weighted by Gasteiger charge is -2.36. The summed E-state index contributed by atoms with van der Waals surface area (Å²) in [5.41, 5.74) is -0.905. The third-order valence-electron chi connectivity index (χ3n) is 5.64. The quantitative estimate of drug-likeness (QED) is 0.768. The summed E-state index contributed by atoms with van der Waals surface area (Å²) in [5, 5.41) is 12.7. The van der Waals surface area contributed by atoms with Gasteiger partial charge in [0.05, 0.1) is 5.92 Å². The van der Waals surface area contributed by atoms with Gasteiger partial charge in [0.2, 0.25) is 11.8 Å². The number of aliphatic carboxylic acids is 1. The van der Waals surface area contributed by atoms with E-state index in [2.05, 4.69) is 5.32 Å². The molecule has 6 nitrogen and oxygen atoms in total. The molecule has 0 aromatic heterocycles. The molecule has 0 bridgehead atoms. The molecule has 0 aliphatic carbocycles. The number of nitrogens with one attached hydrogen (secondary N) is 1. The Morgan fingerprint density at radius 1 is 1.26 bits per heavy atom. The number of rotatable bonds is 7. The Kier molecular flexibility index (Phi) is 6.99. The molecule has 148 valence electrons. The van der Waals surface area contributed by atoms with Crippen molar-refractivity contribution in [3.8, 4) is 0 Å². The second kappa shape index (κ2) is 9.02. The predicted octanol–water partition coefficient (Wildman–Crippen LogP) is 2.78. The molecule has 2 amide bonds. The van der Waals surface area contributed by atoms with Gasteiger partial charge in [-0.05, 0) is 31.2 Å². The molecule has 1 heterocycles. The minimum absolute atomic E-state index is 0.0649. The number of benzene rings is 1. The topological polar surface area (TPSA) is 86.7 Å². The van der Waals surface area contributed by atoms with Gasteiger partial charge in [-0.1, -0.05) is 51.1 Å². The van der Waals surface area contributed by atoms with Crippen LogP contribution in [0.2, 0.25) is 0 Å². The minimum Gasteiger partial charge on any atom is -0.479 e. The molecule has 1 aromatic rings. The summed E-state index contributed by atoms with van der Waals surface area (Å²) >= 11 is 0. The first kappa shape index (κ1) is 20.9. The van der Waals surface area contributed by atoms with E-state index in [9.17, 15) is 19.5 Å². The van der Waals surface area contributed by atoms with Gasteiger partial charge in [-0.15, -0.1) is 0 Å². The number of carboxylic acids is 1. The number of amides is 2. The lowest BCUT2D eigenvalue weighted by Crippen LogP contribution is -2.55. The van der Waals surface area contributed by atoms with Crippen molar-refractivity contribution in [3.05, 3.63) is 35.9 Å². The van der Waals surface area contributed by atoms with Gasteiger partial charge < -0.3 is 15.3 Å². The third-order valence-corrected chi connectivity index (χ3v) is 5.64. The summed E-state index contributed by atoms with van der Waals surface area (Å²) in [4.78, 5) is 39.3. The van der Waals surface area contributed by atoms with Crippen LogP contribution in [0.15, 0.2) is 30.3 Å². The molecule has 1 saturated heterocycles. The summed E-state index contributed by atoms with van der Waals surface area (Å²) in [5.74, 6) is -1.76. The fourth-order valence-electron chi connectivity index (χ4n) is 3.61. The zero-order valence-electron chi connectivity index (χ0n) is 16.4. The maximum atomic E-state index is 12.9. The van der Waals surface area contributed by atoms with Crippen molar-refractivity contribution in [1.29, 1.82) is 0 Å². The summed E-state index contributed by atoms with van der Waals surface area (Å²) in [7, 11) is 0. The van der Waals surface area contributed by atoms with E-state index in [1.807, 2.05) is 19.9 Å². The molecular weight excluding hydrogens is 344 g/mol. The van der Waals surface area contributed by atoms with Gasteiger partial charge in [-0.3, -0.25) is 9.59 Å². The number of carbonyl (C=O) groups excluding carboxylic acids is 2. The zero-order valence-corrected chi connectivity index (χ0v) is 16.4. The maximum absolute atomic E-state index is 12.9. The van der Waals surface area contributed by atoms with Crippen LogP contribution < -0.4 is 5.32 Å². The highest BCUT2D eigenvalue weighted by Gasteiger charge is 2.42. The molecule has 0 radical (unpaired) electrons. The van der Waals surface area contributed by atoms with Crippen molar-refractivity contribution in [2.24, 2.45) is 11.8 Å². The molecule has 6 heteroatoms. The van der Waals surface area contributed by atoms with Crippen LogP contribution in [-0.2, 0) is 19.9 Å². The van der Waals surface area contributed by atoms with Gasteiger partial charge in [0, 0.05) is 19.0 Å². The Morgan fingerprint density at radius 3 is 2.48 bits per heavy atom. The van der Waals surface area contributed by atoms with Crippen LogP contribution in [0.5, 0.6) is 0 Å². The zero-order chi connectivity index (χ0) is 20.0. The Balaban J connectivity index is 2.18. The lowest BCUT2D eigenvalue weighted by atomic mass is 9.85.